The summed E-state index contributed by atoms with van der Waals surface area (Å²) >= 11 is 0. The zero-order valence-corrected chi connectivity index (χ0v) is 28.2. The van der Waals surface area contributed by atoms with Crippen LogP contribution in [-0.4, -0.2) is 50.3 Å². The summed E-state index contributed by atoms with van der Waals surface area (Å²) in [5.41, 5.74) is -0.971. The van der Waals surface area contributed by atoms with Gasteiger partial charge < -0.3 is 30.1 Å². The maximum atomic E-state index is 12.9. The first-order valence-corrected chi connectivity index (χ1v) is 17.2. The van der Waals surface area contributed by atoms with Gasteiger partial charge in [-0.2, -0.15) is 0 Å². The fourth-order valence-electron chi connectivity index (χ4n) is 12.0. The molecule has 8 nitrogen and oxygen atoms in total. The molecule has 1 amide bonds. The second-order valence-electron chi connectivity index (χ2n) is 17.1. The third-order valence-corrected chi connectivity index (χ3v) is 14.4. The van der Waals surface area contributed by atoms with Crippen LogP contribution in [0, 0.1) is 63.0 Å². The molecule has 6 fully saturated rings. The number of aliphatic hydroxyl groups excluding tert-OH is 2. The Labute approximate surface area is 269 Å². The molecule has 5 aliphatic carbocycles. The molecule has 1 aromatic heterocycles. The molecule has 1 unspecified atom stereocenters. The summed E-state index contributed by atoms with van der Waals surface area (Å²) in [5, 5.41) is 36.7. The SMILES string of the molecule is C[C@@H]1C[C]([C@H](O)C(C)(C)O)O[C]2[C@H]1[C@@]1(C)CC[C@@]34C[C@@]35CCC(OC(=O)NCc3ccccn3)C(C)(C)[C@@H]5CC[C]4[C@]1(C)[C@H]2O. The van der Waals surface area contributed by atoms with Gasteiger partial charge in [0.05, 0.1) is 23.9 Å². The average Bonchev–Trinajstić information content (AvgIpc) is 3.62. The number of hydrogen-bond donors (Lipinski definition) is 4. The number of nitrogens with one attached hydrogen (secondary N) is 1. The lowest BCUT2D eigenvalue weighted by Gasteiger charge is -2.63. The van der Waals surface area contributed by atoms with Crippen LogP contribution in [0.15, 0.2) is 24.4 Å². The van der Waals surface area contributed by atoms with E-state index >= 15 is 0 Å². The number of amides is 1. The van der Waals surface area contributed by atoms with Crippen LogP contribution in [0.3, 0.4) is 0 Å². The standard InChI is InChI=1S/C37H53N2O6/c1-21-18-23(29(40)33(4,5)43)44-28-27(21)34(6)15-16-37-20-36(37)14-13-26(45-31(42)39-19-22-10-8-9-17-38-22)32(2,3)24(36)11-12-25(37)35(34,7)30(28)41/h8-10,17,21,24,26-27,29-30,40-41,43H,11-16,18-20H2,1-7H3,(H,39,42)/t21-,24+,26?,27+,29+,30+,34-,35-,36-,37+/m1/s1. The molecule has 8 heteroatoms. The van der Waals surface area contributed by atoms with E-state index < -0.39 is 23.2 Å². The molecular formula is C37H53N2O6. The van der Waals surface area contributed by atoms with E-state index in [1.807, 2.05) is 18.2 Å². The van der Waals surface area contributed by atoms with Gasteiger partial charge in [0, 0.05) is 22.9 Å². The lowest BCUT2D eigenvalue weighted by molar-refractivity contribution is -0.126. The van der Waals surface area contributed by atoms with Crippen LogP contribution in [0.2, 0.25) is 0 Å². The largest absolute Gasteiger partial charge is 0.446 e. The maximum absolute atomic E-state index is 12.9. The Morgan fingerprint density at radius 1 is 1.18 bits per heavy atom. The zero-order valence-electron chi connectivity index (χ0n) is 28.2. The van der Waals surface area contributed by atoms with Crippen LogP contribution in [0.4, 0.5) is 4.79 Å². The van der Waals surface area contributed by atoms with Crippen LogP contribution in [0.25, 0.3) is 0 Å². The monoisotopic (exact) mass is 621 g/mol. The first-order chi connectivity index (χ1) is 21.0. The maximum Gasteiger partial charge on any atom is 0.407 e. The predicted octanol–water partition coefficient (Wildman–Crippen LogP) is 5.91. The van der Waals surface area contributed by atoms with Gasteiger partial charge in [0.1, 0.15) is 24.4 Å². The van der Waals surface area contributed by atoms with E-state index in [2.05, 4.69) is 44.9 Å². The van der Waals surface area contributed by atoms with Crippen molar-refractivity contribution in [3.63, 3.8) is 0 Å². The molecule has 3 radical (unpaired) electrons. The van der Waals surface area contributed by atoms with E-state index in [1.165, 1.54) is 5.92 Å². The summed E-state index contributed by atoms with van der Waals surface area (Å²) in [7, 11) is 0. The summed E-state index contributed by atoms with van der Waals surface area (Å²) in [6.45, 7) is 15.1. The van der Waals surface area contributed by atoms with Crippen molar-refractivity contribution in [3.05, 3.63) is 48.2 Å². The summed E-state index contributed by atoms with van der Waals surface area (Å²) < 4.78 is 12.6. The lowest BCUT2D eigenvalue weighted by Crippen LogP contribution is -2.59. The minimum absolute atomic E-state index is 0.0951. The van der Waals surface area contributed by atoms with Gasteiger partial charge in [-0.05, 0) is 111 Å². The van der Waals surface area contributed by atoms with Crippen LogP contribution in [0.5, 0.6) is 0 Å². The first kappa shape index (κ1) is 31.8. The molecule has 10 atom stereocenters. The van der Waals surface area contributed by atoms with Gasteiger partial charge in [-0.15, -0.1) is 0 Å². The fraction of sp³-hybridized carbons (Fsp3) is 0.757. The van der Waals surface area contributed by atoms with Crippen LogP contribution in [0.1, 0.15) is 106 Å². The molecule has 0 aromatic carbocycles. The predicted molar refractivity (Wildman–Crippen MR) is 168 cm³/mol. The Bertz CT molecular complexity index is 1320. The van der Waals surface area contributed by atoms with Gasteiger partial charge in [0.15, 0.2) is 0 Å². The van der Waals surface area contributed by atoms with Gasteiger partial charge in [0.2, 0.25) is 0 Å². The number of alkyl carbamates (subject to hydrolysis) is 1. The van der Waals surface area contributed by atoms with Crippen molar-refractivity contribution in [1.29, 1.82) is 0 Å². The van der Waals surface area contributed by atoms with Crippen LogP contribution in [-0.2, 0) is 16.0 Å². The van der Waals surface area contributed by atoms with Gasteiger partial charge >= 0.3 is 6.09 Å². The molecule has 1 aromatic rings. The van der Waals surface area contributed by atoms with E-state index in [4.69, 9.17) is 9.47 Å². The Morgan fingerprint density at radius 3 is 2.62 bits per heavy atom. The zero-order chi connectivity index (χ0) is 32.4. The molecule has 4 N–H and O–H groups in total. The molecule has 1 saturated heterocycles. The minimum Gasteiger partial charge on any atom is -0.446 e. The number of ether oxygens (including phenoxy) is 2. The van der Waals surface area contributed by atoms with E-state index in [-0.39, 0.29) is 45.7 Å². The van der Waals surface area contributed by atoms with E-state index in [0.29, 0.717) is 31.1 Å². The number of nitrogens with zero attached hydrogens (tertiary/aromatic N) is 1. The van der Waals surface area contributed by atoms with E-state index in [1.54, 1.807) is 20.0 Å². The second kappa shape index (κ2) is 10.1. The molecule has 6 aliphatic rings. The Kier molecular flexibility index (Phi) is 7.17. The van der Waals surface area contributed by atoms with Gasteiger partial charge in [-0.25, -0.2) is 4.79 Å². The average molecular weight is 622 g/mol. The molecule has 5 saturated carbocycles. The molecule has 45 heavy (non-hydrogen) atoms. The number of carbonyl (C=O) groups is 1. The topological polar surface area (TPSA) is 121 Å². The van der Waals surface area contributed by atoms with E-state index in [0.717, 1.165) is 50.6 Å². The van der Waals surface area contributed by atoms with Crippen LogP contribution >= 0.6 is 0 Å². The Balaban J connectivity index is 1.11. The van der Waals surface area contributed by atoms with Crippen molar-refractivity contribution in [2.45, 2.75) is 130 Å². The third-order valence-electron chi connectivity index (χ3n) is 14.4. The molecule has 1 aliphatic heterocycles. The van der Waals surface area contributed by atoms with Crippen molar-refractivity contribution in [2.75, 3.05) is 0 Å². The summed E-state index contributed by atoms with van der Waals surface area (Å²) in [6.07, 6.45) is 8.28. The summed E-state index contributed by atoms with van der Waals surface area (Å²) in [5.74, 6) is 2.27. The number of aromatic nitrogens is 1. The molecule has 247 valence electrons. The number of rotatable bonds is 5. The second-order valence-corrected chi connectivity index (χ2v) is 17.1. The molecule has 0 bridgehead atoms. The summed E-state index contributed by atoms with van der Waals surface area (Å²) in [6, 6.07) is 5.67. The molecule has 2 spiro atoms. The highest BCUT2D eigenvalue weighted by Crippen LogP contribution is 2.90. The number of hydrogen-bond acceptors (Lipinski definition) is 7. The molecule has 7 rings (SSSR count). The normalized spacial score (nSPS) is 44.9. The summed E-state index contributed by atoms with van der Waals surface area (Å²) in [4.78, 5) is 17.2. The molecule has 2 heterocycles. The Morgan fingerprint density at radius 2 is 1.93 bits per heavy atom. The smallest absolute Gasteiger partial charge is 0.407 e. The van der Waals surface area contributed by atoms with Crippen LogP contribution < -0.4 is 5.32 Å². The highest BCUT2D eigenvalue weighted by Gasteiger charge is 2.85. The van der Waals surface area contributed by atoms with Crippen molar-refractivity contribution in [2.24, 2.45) is 44.8 Å². The van der Waals surface area contributed by atoms with Crippen molar-refractivity contribution in [1.82, 2.24) is 10.3 Å². The van der Waals surface area contributed by atoms with Crippen molar-refractivity contribution < 1.29 is 29.6 Å². The highest BCUT2D eigenvalue weighted by atomic mass is 16.6. The Hall–Kier alpha value is -1.74. The van der Waals surface area contributed by atoms with E-state index in [9.17, 15) is 20.1 Å². The quantitative estimate of drug-likeness (QED) is 0.323. The van der Waals surface area contributed by atoms with Gasteiger partial charge in [-0.3, -0.25) is 4.98 Å². The van der Waals surface area contributed by atoms with Gasteiger partial charge in [0.25, 0.3) is 0 Å². The van der Waals surface area contributed by atoms with Crippen molar-refractivity contribution >= 4 is 6.09 Å². The minimum atomic E-state index is -1.32. The number of fused-ring (bicyclic) bond motifs is 4. The number of carbonyl (C=O) groups excluding carboxylic acids is 1. The number of aliphatic hydroxyl groups is 3. The fourth-order valence-corrected chi connectivity index (χ4v) is 12.0. The van der Waals surface area contributed by atoms with Crippen molar-refractivity contribution in [3.8, 4) is 0 Å². The molecular weight excluding hydrogens is 568 g/mol. The third kappa shape index (κ3) is 4.23. The highest BCUT2D eigenvalue weighted by molar-refractivity contribution is 5.67. The number of pyridine rings is 1. The van der Waals surface area contributed by atoms with Gasteiger partial charge in [-0.1, -0.05) is 40.7 Å². The first-order valence-electron chi connectivity index (χ1n) is 17.2. The lowest BCUT2D eigenvalue weighted by atomic mass is 9.41.